The van der Waals surface area contributed by atoms with Crippen LogP contribution < -0.4 is 12.3 Å². The molecular formula is C4H17IN2Sn. The fraction of sp³-hybridized carbons (Fsp3) is 1.00. The summed E-state index contributed by atoms with van der Waals surface area (Å²) in [7, 11) is 0. The fourth-order valence-electron chi connectivity index (χ4n) is 0.134. The number of halogens is 1. The van der Waals surface area contributed by atoms with Crippen molar-refractivity contribution in [3.8, 4) is 0 Å². The van der Waals surface area contributed by atoms with Gasteiger partial charge in [0.1, 0.15) is 0 Å². The molecule has 0 aliphatic rings. The van der Waals surface area contributed by atoms with Crippen molar-refractivity contribution >= 4 is 46.5 Å². The molecule has 0 spiro atoms. The average molecular weight is 339 g/mol. The van der Waals surface area contributed by atoms with E-state index in [9.17, 15) is 0 Å². The molecular weight excluding hydrogens is 322 g/mol. The number of alkyl halides is 1. The van der Waals surface area contributed by atoms with Crippen molar-refractivity contribution < 1.29 is 0 Å². The third kappa shape index (κ3) is 26.0. The molecule has 4 heteroatoms. The Labute approximate surface area is 82.4 Å². The summed E-state index contributed by atoms with van der Waals surface area (Å²) in [5.74, 6) is 0. The second-order valence-electron chi connectivity index (χ2n) is 1.04. The van der Waals surface area contributed by atoms with E-state index >= 15 is 0 Å². The van der Waals surface area contributed by atoms with Crippen LogP contribution in [0.2, 0.25) is 0 Å². The van der Waals surface area contributed by atoms with Crippen LogP contribution in [0.15, 0.2) is 0 Å². The van der Waals surface area contributed by atoms with Gasteiger partial charge in [-0.2, -0.15) is 0 Å². The van der Waals surface area contributed by atoms with Crippen LogP contribution in [-0.2, 0) is 0 Å². The van der Waals surface area contributed by atoms with Gasteiger partial charge >= 0.3 is 23.9 Å². The Morgan fingerprint density at radius 2 is 1.62 bits per heavy atom. The van der Waals surface area contributed by atoms with E-state index in [-0.39, 0.29) is 36.2 Å². The topological polar surface area (TPSA) is 70.0 Å². The summed E-state index contributed by atoms with van der Waals surface area (Å²) in [6.07, 6.45) is 2.71. The van der Waals surface area contributed by atoms with E-state index in [2.05, 4.69) is 29.5 Å². The predicted octanol–water partition coefficient (Wildman–Crippen LogP) is 1.63. The summed E-state index contributed by atoms with van der Waals surface area (Å²) in [6, 6.07) is 0. The van der Waals surface area contributed by atoms with Crippen molar-refractivity contribution in [3.63, 3.8) is 0 Å². The Hall–Kier alpha value is 1.45. The van der Waals surface area contributed by atoms with Crippen molar-refractivity contribution in [2.75, 3.05) is 4.43 Å². The van der Waals surface area contributed by atoms with Gasteiger partial charge in [-0.25, -0.2) is 0 Å². The van der Waals surface area contributed by atoms with Crippen molar-refractivity contribution in [2.24, 2.45) is 0 Å². The standard InChI is InChI=1S/C4H9I.2H3N.Sn.2H/c1-2-3-4-5;;;;;/h2-4H2,1H3;2*1H3;;;. The van der Waals surface area contributed by atoms with Crippen LogP contribution in [0.3, 0.4) is 0 Å². The Balaban J connectivity index is -0.0000000267. The predicted molar refractivity (Wildman–Crippen MR) is 52.4 cm³/mol. The Morgan fingerprint density at radius 3 is 1.62 bits per heavy atom. The van der Waals surface area contributed by atoms with E-state index in [0.717, 1.165) is 0 Å². The van der Waals surface area contributed by atoms with Gasteiger partial charge in [0.2, 0.25) is 0 Å². The Morgan fingerprint density at radius 1 is 1.25 bits per heavy atom. The second kappa shape index (κ2) is 23.7. The molecule has 0 saturated carbocycles. The first kappa shape index (κ1) is 22.7. The molecule has 0 amide bonds. The molecule has 0 saturated heterocycles. The van der Waals surface area contributed by atoms with E-state index in [1.807, 2.05) is 0 Å². The van der Waals surface area contributed by atoms with Gasteiger partial charge < -0.3 is 12.3 Å². The molecule has 0 rings (SSSR count). The molecule has 0 aromatic heterocycles. The van der Waals surface area contributed by atoms with Gasteiger partial charge in [-0.05, 0) is 10.8 Å². The van der Waals surface area contributed by atoms with Gasteiger partial charge in [0.15, 0.2) is 0 Å². The number of rotatable bonds is 2. The molecule has 0 aliphatic carbocycles. The molecule has 2 radical (unpaired) electrons. The van der Waals surface area contributed by atoms with Gasteiger partial charge in [0, 0.05) is 0 Å². The van der Waals surface area contributed by atoms with Crippen LogP contribution in [0.25, 0.3) is 0 Å². The van der Waals surface area contributed by atoms with Crippen molar-refractivity contribution in [3.05, 3.63) is 0 Å². The molecule has 0 aliphatic heterocycles. The average Bonchev–Trinajstić information content (AvgIpc) is 1.41. The van der Waals surface area contributed by atoms with Crippen LogP contribution in [0.4, 0.5) is 0 Å². The zero-order valence-electron chi connectivity index (χ0n) is 5.62. The van der Waals surface area contributed by atoms with Gasteiger partial charge in [-0.3, -0.25) is 0 Å². The van der Waals surface area contributed by atoms with Crippen molar-refractivity contribution in [1.29, 1.82) is 0 Å². The molecule has 54 valence electrons. The SMILES string of the molecule is CCCCI.N.N.[SnH2]. The minimum absolute atomic E-state index is 0. The molecule has 0 aromatic rings. The van der Waals surface area contributed by atoms with Crippen LogP contribution in [0.5, 0.6) is 0 Å². The Bertz CT molecular complexity index is 21.5. The molecule has 0 fully saturated rings. The maximum absolute atomic E-state index is 2.39. The normalized spacial score (nSPS) is 5.25. The second-order valence-corrected chi connectivity index (χ2v) is 2.12. The summed E-state index contributed by atoms with van der Waals surface area (Å²) < 4.78 is 1.31. The molecule has 0 heterocycles. The summed E-state index contributed by atoms with van der Waals surface area (Å²) in [4.78, 5) is 0. The first-order valence-electron chi connectivity index (χ1n) is 1.97. The third-order valence-electron chi connectivity index (χ3n) is 0.487. The molecule has 0 aromatic carbocycles. The quantitative estimate of drug-likeness (QED) is 0.456. The summed E-state index contributed by atoms with van der Waals surface area (Å²) in [5, 5.41) is 0. The van der Waals surface area contributed by atoms with Gasteiger partial charge in [0.05, 0.1) is 0 Å². The fourth-order valence-corrected chi connectivity index (χ4v) is 0.896. The number of hydrogen-bond donors (Lipinski definition) is 2. The van der Waals surface area contributed by atoms with Crippen LogP contribution >= 0.6 is 22.6 Å². The minimum atomic E-state index is 0. The van der Waals surface area contributed by atoms with Crippen molar-refractivity contribution in [1.82, 2.24) is 12.3 Å². The molecule has 0 atom stereocenters. The first-order valence-corrected chi connectivity index (χ1v) is 3.50. The number of hydrogen-bond acceptors (Lipinski definition) is 2. The third-order valence-corrected chi connectivity index (χ3v) is 1.25. The summed E-state index contributed by atoms with van der Waals surface area (Å²) >= 11 is 2.39. The van der Waals surface area contributed by atoms with Gasteiger partial charge in [-0.1, -0.05) is 35.9 Å². The van der Waals surface area contributed by atoms with E-state index in [0.29, 0.717) is 0 Å². The molecule has 2 nitrogen and oxygen atoms in total. The van der Waals surface area contributed by atoms with E-state index in [4.69, 9.17) is 0 Å². The van der Waals surface area contributed by atoms with E-state index in [1.54, 1.807) is 0 Å². The van der Waals surface area contributed by atoms with Crippen molar-refractivity contribution in [2.45, 2.75) is 19.8 Å². The first-order chi connectivity index (χ1) is 2.41. The Kier molecular flexibility index (Phi) is 67.3. The maximum atomic E-state index is 2.39. The zero-order chi connectivity index (χ0) is 4.12. The zero-order valence-corrected chi connectivity index (χ0v) is 11.8. The van der Waals surface area contributed by atoms with Crippen LogP contribution in [-0.4, -0.2) is 28.3 Å². The van der Waals surface area contributed by atoms with Gasteiger partial charge in [-0.15, -0.1) is 0 Å². The molecule has 6 N–H and O–H groups in total. The number of unbranched alkanes of at least 4 members (excludes halogenated alkanes) is 1. The van der Waals surface area contributed by atoms with E-state index < -0.39 is 0 Å². The molecule has 0 unspecified atom stereocenters. The summed E-state index contributed by atoms with van der Waals surface area (Å²) in [5.41, 5.74) is 0. The van der Waals surface area contributed by atoms with Crippen LogP contribution in [0.1, 0.15) is 19.8 Å². The molecule has 8 heavy (non-hydrogen) atoms. The van der Waals surface area contributed by atoms with Crippen LogP contribution in [0, 0.1) is 0 Å². The monoisotopic (exact) mass is 340 g/mol. The van der Waals surface area contributed by atoms with E-state index in [1.165, 1.54) is 17.3 Å². The van der Waals surface area contributed by atoms with Gasteiger partial charge in [0.25, 0.3) is 0 Å². The summed E-state index contributed by atoms with van der Waals surface area (Å²) in [6.45, 7) is 2.21. The molecule has 0 bridgehead atoms.